The summed E-state index contributed by atoms with van der Waals surface area (Å²) in [6.45, 7) is 4.75. The van der Waals surface area contributed by atoms with Gasteiger partial charge in [0.2, 0.25) is 0 Å². The van der Waals surface area contributed by atoms with E-state index in [4.69, 9.17) is 4.74 Å². The standard InChI is InChI=1S/C15H21N3O5S/c1-9(11-4-6-17(7-5-11)15(20)23-3)16-14(19)13-8-12(18(21)22)10(2)24-13/h8-9,11H,4-7H2,1-3H3,(H,16,19)/t9-/m0/s1. The fourth-order valence-electron chi connectivity index (χ4n) is 2.87. The summed E-state index contributed by atoms with van der Waals surface area (Å²) in [4.78, 5) is 36.7. The van der Waals surface area contributed by atoms with Gasteiger partial charge >= 0.3 is 6.09 Å². The van der Waals surface area contributed by atoms with Gasteiger partial charge in [0.1, 0.15) is 0 Å². The third kappa shape index (κ3) is 4.02. The Bertz CT molecular complexity index is 637. The second kappa shape index (κ2) is 7.61. The minimum atomic E-state index is -0.478. The number of nitrogens with zero attached hydrogens (tertiary/aromatic N) is 2. The first-order valence-electron chi connectivity index (χ1n) is 7.72. The molecule has 2 rings (SSSR count). The average Bonchev–Trinajstić information content (AvgIpc) is 2.96. The second-order valence-corrected chi connectivity index (χ2v) is 7.12. The molecule has 1 aromatic heterocycles. The zero-order valence-corrected chi connectivity index (χ0v) is 14.7. The van der Waals surface area contributed by atoms with Crippen LogP contribution < -0.4 is 5.32 Å². The molecule has 0 unspecified atom stereocenters. The van der Waals surface area contributed by atoms with Crippen molar-refractivity contribution in [1.29, 1.82) is 0 Å². The molecule has 0 aromatic carbocycles. The highest BCUT2D eigenvalue weighted by Crippen LogP contribution is 2.28. The number of amides is 2. The minimum Gasteiger partial charge on any atom is -0.453 e. The molecule has 0 spiro atoms. The lowest BCUT2D eigenvalue weighted by Gasteiger charge is -2.34. The van der Waals surface area contributed by atoms with Gasteiger partial charge in [0.15, 0.2) is 0 Å². The smallest absolute Gasteiger partial charge is 0.409 e. The van der Waals surface area contributed by atoms with Crippen LogP contribution in [0.4, 0.5) is 10.5 Å². The number of thiophene rings is 1. The van der Waals surface area contributed by atoms with Crippen LogP contribution in [0.25, 0.3) is 0 Å². The van der Waals surface area contributed by atoms with E-state index in [2.05, 4.69) is 5.32 Å². The number of hydrogen-bond acceptors (Lipinski definition) is 6. The van der Waals surface area contributed by atoms with Crippen molar-refractivity contribution in [2.45, 2.75) is 32.7 Å². The van der Waals surface area contributed by atoms with Crippen LogP contribution in [0.2, 0.25) is 0 Å². The van der Waals surface area contributed by atoms with Crippen molar-refractivity contribution in [2.24, 2.45) is 5.92 Å². The number of nitro groups is 1. The average molecular weight is 355 g/mol. The van der Waals surface area contributed by atoms with Gasteiger partial charge < -0.3 is 15.0 Å². The molecule has 1 N–H and O–H groups in total. The van der Waals surface area contributed by atoms with Crippen molar-refractivity contribution in [1.82, 2.24) is 10.2 Å². The van der Waals surface area contributed by atoms with Crippen LogP contribution in [0.1, 0.15) is 34.3 Å². The van der Waals surface area contributed by atoms with E-state index in [0.717, 1.165) is 24.2 Å². The maximum atomic E-state index is 12.3. The number of likely N-dealkylation sites (tertiary alicyclic amines) is 1. The summed E-state index contributed by atoms with van der Waals surface area (Å²) < 4.78 is 4.70. The Labute approximate surface area is 143 Å². The summed E-state index contributed by atoms with van der Waals surface area (Å²) in [6.07, 6.45) is 1.23. The van der Waals surface area contributed by atoms with E-state index in [9.17, 15) is 19.7 Å². The molecule has 2 heterocycles. The van der Waals surface area contributed by atoms with Gasteiger partial charge in [0.25, 0.3) is 11.6 Å². The van der Waals surface area contributed by atoms with Crippen molar-refractivity contribution in [2.75, 3.05) is 20.2 Å². The van der Waals surface area contributed by atoms with Crippen LogP contribution in [0.3, 0.4) is 0 Å². The number of methoxy groups -OCH3 is 1. The van der Waals surface area contributed by atoms with E-state index in [-0.39, 0.29) is 29.6 Å². The third-order valence-corrected chi connectivity index (χ3v) is 5.39. The molecular formula is C15H21N3O5S. The first-order valence-corrected chi connectivity index (χ1v) is 8.53. The first kappa shape index (κ1) is 18.2. The van der Waals surface area contributed by atoms with Crippen molar-refractivity contribution in [3.05, 3.63) is 25.9 Å². The highest BCUT2D eigenvalue weighted by atomic mass is 32.1. The molecule has 8 nitrogen and oxygen atoms in total. The van der Waals surface area contributed by atoms with Gasteiger partial charge in [-0.2, -0.15) is 0 Å². The van der Waals surface area contributed by atoms with E-state index in [0.29, 0.717) is 22.8 Å². The van der Waals surface area contributed by atoms with Gasteiger partial charge in [0, 0.05) is 25.2 Å². The highest BCUT2D eigenvalue weighted by molar-refractivity contribution is 7.14. The van der Waals surface area contributed by atoms with Crippen LogP contribution in [0.15, 0.2) is 6.07 Å². The summed E-state index contributed by atoms with van der Waals surface area (Å²) in [7, 11) is 1.36. The SMILES string of the molecule is COC(=O)N1CCC([C@H](C)NC(=O)c2cc([N+](=O)[O-])c(C)s2)CC1. The number of aryl methyl sites for hydroxylation is 1. The predicted octanol–water partition coefficient (Wildman–Crippen LogP) is 2.56. The summed E-state index contributed by atoms with van der Waals surface area (Å²) in [5, 5.41) is 13.8. The minimum absolute atomic E-state index is 0.0239. The van der Waals surface area contributed by atoms with Crippen LogP contribution in [0.5, 0.6) is 0 Å². The van der Waals surface area contributed by atoms with Crippen molar-refractivity contribution in [3.63, 3.8) is 0 Å². The molecule has 9 heteroatoms. The number of hydrogen-bond donors (Lipinski definition) is 1. The molecule has 0 aliphatic carbocycles. The van der Waals surface area contributed by atoms with E-state index < -0.39 is 4.92 Å². The number of carbonyl (C=O) groups is 2. The van der Waals surface area contributed by atoms with E-state index in [1.807, 2.05) is 6.92 Å². The molecule has 132 valence electrons. The van der Waals surface area contributed by atoms with Crippen molar-refractivity contribution < 1.29 is 19.2 Å². The number of piperidine rings is 1. The van der Waals surface area contributed by atoms with Gasteiger partial charge in [-0.05, 0) is 32.6 Å². The Morgan fingerprint density at radius 2 is 2.08 bits per heavy atom. The Balaban J connectivity index is 1.92. The highest BCUT2D eigenvalue weighted by Gasteiger charge is 2.28. The van der Waals surface area contributed by atoms with E-state index >= 15 is 0 Å². The molecule has 1 saturated heterocycles. The molecule has 1 aliphatic rings. The number of carbonyl (C=O) groups excluding carboxylic acids is 2. The Morgan fingerprint density at radius 3 is 2.58 bits per heavy atom. The molecule has 0 radical (unpaired) electrons. The lowest BCUT2D eigenvalue weighted by atomic mass is 9.90. The van der Waals surface area contributed by atoms with Gasteiger partial charge in [0.05, 0.1) is 21.8 Å². The van der Waals surface area contributed by atoms with Crippen LogP contribution >= 0.6 is 11.3 Å². The van der Waals surface area contributed by atoms with Crippen LogP contribution in [-0.4, -0.2) is 48.1 Å². The number of rotatable bonds is 4. The zero-order valence-electron chi connectivity index (χ0n) is 13.9. The quantitative estimate of drug-likeness (QED) is 0.660. The van der Waals surface area contributed by atoms with Gasteiger partial charge in [-0.1, -0.05) is 0 Å². The normalized spacial score (nSPS) is 16.5. The Kier molecular flexibility index (Phi) is 5.76. The third-order valence-electron chi connectivity index (χ3n) is 4.35. The summed E-state index contributed by atoms with van der Waals surface area (Å²) >= 11 is 1.12. The largest absolute Gasteiger partial charge is 0.453 e. The molecule has 1 atom stereocenters. The lowest BCUT2D eigenvalue weighted by Crippen LogP contribution is -2.45. The van der Waals surface area contributed by atoms with Crippen LogP contribution in [0, 0.1) is 23.0 Å². The second-order valence-electron chi connectivity index (χ2n) is 5.87. The molecule has 1 aromatic rings. The van der Waals surface area contributed by atoms with Gasteiger partial charge in [-0.15, -0.1) is 11.3 Å². The Morgan fingerprint density at radius 1 is 1.46 bits per heavy atom. The fraction of sp³-hybridized carbons (Fsp3) is 0.600. The monoisotopic (exact) mass is 355 g/mol. The van der Waals surface area contributed by atoms with E-state index in [1.165, 1.54) is 13.2 Å². The molecule has 0 saturated carbocycles. The molecule has 1 fully saturated rings. The van der Waals surface area contributed by atoms with Crippen molar-refractivity contribution >= 4 is 29.0 Å². The summed E-state index contributed by atoms with van der Waals surface area (Å²) in [5.41, 5.74) is -0.0239. The molecule has 1 aliphatic heterocycles. The zero-order chi connectivity index (χ0) is 17.9. The van der Waals surface area contributed by atoms with Crippen LogP contribution in [-0.2, 0) is 4.74 Å². The maximum absolute atomic E-state index is 12.3. The Hall–Kier alpha value is -2.16. The molecular weight excluding hydrogens is 334 g/mol. The van der Waals surface area contributed by atoms with Gasteiger partial charge in [-0.25, -0.2) is 4.79 Å². The topological polar surface area (TPSA) is 102 Å². The predicted molar refractivity (Wildman–Crippen MR) is 89.3 cm³/mol. The number of ether oxygens (including phenoxy) is 1. The van der Waals surface area contributed by atoms with Crippen molar-refractivity contribution in [3.8, 4) is 0 Å². The molecule has 2 amide bonds. The summed E-state index contributed by atoms with van der Waals surface area (Å²) in [6, 6.07) is 1.25. The summed E-state index contributed by atoms with van der Waals surface area (Å²) in [5.74, 6) is -0.0370. The first-order chi connectivity index (χ1) is 11.3. The van der Waals surface area contributed by atoms with Gasteiger partial charge in [-0.3, -0.25) is 14.9 Å². The number of nitrogens with one attached hydrogen (secondary N) is 1. The van der Waals surface area contributed by atoms with E-state index in [1.54, 1.807) is 11.8 Å². The fourth-order valence-corrected chi connectivity index (χ4v) is 3.76. The molecule has 0 bridgehead atoms. The molecule has 24 heavy (non-hydrogen) atoms. The lowest BCUT2D eigenvalue weighted by molar-refractivity contribution is -0.385. The maximum Gasteiger partial charge on any atom is 0.409 e.